The molecule has 0 saturated carbocycles. The predicted octanol–water partition coefficient (Wildman–Crippen LogP) is 3.71. The highest BCUT2D eigenvalue weighted by atomic mass is 16.5. The van der Waals surface area contributed by atoms with Gasteiger partial charge in [0.15, 0.2) is 11.5 Å². The molecule has 0 aliphatic heterocycles. The van der Waals surface area contributed by atoms with Crippen LogP contribution in [0, 0.1) is 0 Å². The minimum Gasteiger partial charge on any atom is -0.490 e. The van der Waals surface area contributed by atoms with Crippen LogP contribution in [0.2, 0.25) is 0 Å². The Hall–Kier alpha value is -3.02. The fraction of sp³-hybridized carbons (Fsp3) is 0.333. The van der Waals surface area contributed by atoms with E-state index in [1.807, 2.05) is 38.1 Å². The predicted molar refractivity (Wildman–Crippen MR) is 105 cm³/mol. The molecule has 0 aromatic heterocycles. The summed E-state index contributed by atoms with van der Waals surface area (Å²) in [5, 5.41) is 2.92. The van der Waals surface area contributed by atoms with E-state index in [1.54, 1.807) is 30.1 Å². The van der Waals surface area contributed by atoms with Crippen LogP contribution in [-0.2, 0) is 11.3 Å². The molecule has 0 bridgehead atoms. The van der Waals surface area contributed by atoms with E-state index in [2.05, 4.69) is 5.32 Å². The molecule has 0 fully saturated rings. The molecule has 0 saturated heterocycles. The summed E-state index contributed by atoms with van der Waals surface area (Å²) < 4.78 is 11.1. The van der Waals surface area contributed by atoms with Gasteiger partial charge in [0, 0.05) is 31.8 Å². The van der Waals surface area contributed by atoms with Gasteiger partial charge in [-0.15, -0.1) is 0 Å². The number of hydrogen-bond acceptors (Lipinski definition) is 4. The van der Waals surface area contributed by atoms with Crippen LogP contribution >= 0.6 is 0 Å². The van der Waals surface area contributed by atoms with Crippen LogP contribution in [0.15, 0.2) is 42.5 Å². The number of para-hydroxylation sites is 1. The second kappa shape index (κ2) is 9.62. The molecule has 0 aliphatic rings. The molecule has 6 nitrogen and oxygen atoms in total. The number of anilines is 1. The zero-order valence-corrected chi connectivity index (χ0v) is 16.2. The summed E-state index contributed by atoms with van der Waals surface area (Å²) in [5.41, 5.74) is 2.00. The topological polar surface area (TPSA) is 67.9 Å². The average Bonchev–Trinajstić information content (AvgIpc) is 2.65. The lowest BCUT2D eigenvalue weighted by atomic mass is 10.1. The minimum absolute atomic E-state index is 0.0380. The molecule has 144 valence electrons. The highest BCUT2D eigenvalue weighted by Crippen LogP contribution is 2.29. The molecule has 0 unspecified atom stereocenters. The first kappa shape index (κ1) is 20.3. The van der Waals surface area contributed by atoms with Crippen molar-refractivity contribution in [3.8, 4) is 11.5 Å². The average molecular weight is 370 g/mol. The third-order valence-corrected chi connectivity index (χ3v) is 4.02. The third-order valence-electron chi connectivity index (χ3n) is 4.02. The lowest BCUT2D eigenvalue weighted by Crippen LogP contribution is -2.24. The van der Waals surface area contributed by atoms with Crippen LogP contribution in [0.4, 0.5) is 5.69 Å². The number of hydrogen-bond donors (Lipinski definition) is 1. The van der Waals surface area contributed by atoms with E-state index >= 15 is 0 Å². The number of carbonyl (C=O) groups excluding carboxylic acids is 2. The number of nitrogens with zero attached hydrogens (tertiary/aromatic N) is 1. The van der Waals surface area contributed by atoms with Crippen molar-refractivity contribution in [2.45, 2.75) is 27.3 Å². The van der Waals surface area contributed by atoms with E-state index in [-0.39, 0.29) is 11.8 Å². The highest BCUT2D eigenvalue weighted by Gasteiger charge is 2.14. The number of ether oxygens (including phenoxy) is 2. The Morgan fingerprint density at radius 2 is 1.67 bits per heavy atom. The van der Waals surface area contributed by atoms with Gasteiger partial charge in [0.1, 0.15) is 0 Å². The number of benzene rings is 2. The van der Waals surface area contributed by atoms with Gasteiger partial charge in [0.05, 0.1) is 13.2 Å². The Morgan fingerprint density at radius 1 is 1.00 bits per heavy atom. The molecule has 0 radical (unpaired) electrons. The smallest absolute Gasteiger partial charge is 0.255 e. The highest BCUT2D eigenvalue weighted by molar-refractivity contribution is 6.05. The summed E-state index contributed by atoms with van der Waals surface area (Å²) in [6.45, 7) is 6.69. The maximum atomic E-state index is 12.7. The number of amides is 2. The van der Waals surface area contributed by atoms with Gasteiger partial charge in [-0.05, 0) is 43.7 Å². The van der Waals surface area contributed by atoms with E-state index in [1.165, 1.54) is 6.92 Å². The maximum absolute atomic E-state index is 12.7. The van der Waals surface area contributed by atoms with Gasteiger partial charge in [-0.3, -0.25) is 9.59 Å². The van der Waals surface area contributed by atoms with Crippen molar-refractivity contribution in [3.63, 3.8) is 0 Å². The second-order valence-corrected chi connectivity index (χ2v) is 6.01. The molecular formula is C21H26N2O4. The Kier molecular flexibility index (Phi) is 7.23. The van der Waals surface area contributed by atoms with E-state index in [0.29, 0.717) is 42.5 Å². The molecular weight excluding hydrogens is 344 g/mol. The van der Waals surface area contributed by atoms with Crippen molar-refractivity contribution in [3.05, 3.63) is 53.6 Å². The molecule has 2 aromatic carbocycles. The van der Waals surface area contributed by atoms with Crippen molar-refractivity contribution < 1.29 is 19.1 Å². The first-order valence-electron chi connectivity index (χ1n) is 8.96. The Labute approximate surface area is 160 Å². The van der Waals surface area contributed by atoms with Crippen molar-refractivity contribution in [1.29, 1.82) is 0 Å². The van der Waals surface area contributed by atoms with Crippen LogP contribution in [0.1, 0.15) is 36.7 Å². The zero-order valence-electron chi connectivity index (χ0n) is 16.2. The molecule has 0 atom stereocenters. The number of rotatable bonds is 8. The third kappa shape index (κ3) is 5.48. The molecule has 2 rings (SSSR count). The molecule has 2 aromatic rings. The van der Waals surface area contributed by atoms with Crippen LogP contribution in [0.25, 0.3) is 0 Å². The van der Waals surface area contributed by atoms with Crippen molar-refractivity contribution >= 4 is 17.5 Å². The standard InChI is InChI=1S/C21H26N2O4/c1-5-26-19-12-11-16(13-20(19)27-6-2)21(25)22-18-10-8-7-9-17(18)14-23(4)15(3)24/h7-13H,5-6,14H2,1-4H3,(H,22,25). The molecule has 0 aliphatic carbocycles. The summed E-state index contributed by atoms with van der Waals surface area (Å²) in [5.74, 6) is 0.858. The summed E-state index contributed by atoms with van der Waals surface area (Å²) in [6, 6.07) is 12.5. The van der Waals surface area contributed by atoms with Gasteiger partial charge in [-0.2, -0.15) is 0 Å². The lowest BCUT2D eigenvalue weighted by Gasteiger charge is -2.18. The molecule has 1 N–H and O–H groups in total. The largest absolute Gasteiger partial charge is 0.490 e. The van der Waals surface area contributed by atoms with Crippen molar-refractivity contribution in [2.75, 3.05) is 25.6 Å². The van der Waals surface area contributed by atoms with E-state index in [0.717, 1.165) is 5.56 Å². The fourth-order valence-corrected chi connectivity index (χ4v) is 2.53. The summed E-state index contributed by atoms with van der Waals surface area (Å²) in [4.78, 5) is 25.8. The van der Waals surface area contributed by atoms with E-state index in [9.17, 15) is 9.59 Å². The van der Waals surface area contributed by atoms with Crippen molar-refractivity contribution in [2.24, 2.45) is 0 Å². The first-order chi connectivity index (χ1) is 13.0. The van der Waals surface area contributed by atoms with Gasteiger partial charge >= 0.3 is 0 Å². The molecule has 0 spiro atoms. The van der Waals surface area contributed by atoms with Crippen LogP contribution in [0.3, 0.4) is 0 Å². The minimum atomic E-state index is -0.253. The van der Waals surface area contributed by atoms with Crippen LogP contribution in [0.5, 0.6) is 11.5 Å². The Bertz CT molecular complexity index is 805. The van der Waals surface area contributed by atoms with Gasteiger partial charge in [-0.1, -0.05) is 18.2 Å². The normalized spacial score (nSPS) is 10.2. The lowest BCUT2D eigenvalue weighted by molar-refractivity contribution is -0.128. The SMILES string of the molecule is CCOc1ccc(C(=O)Nc2ccccc2CN(C)C(C)=O)cc1OCC. The molecule has 0 heterocycles. The fourth-order valence-electron chi connectivity index (χ4n) is 2.53. The zero-order chi connectivity index (χ0) is 19.8. The summed E-state index contributed by atoms with van der Waals surface area (Å²) in [7, 11) is 1.72. The van der Waals surface area contributed by atoms with E-state index in [4.69, 9.17) is 9.47 Å². The molecule has 6 heteroatoms. The first-order valence-corrected chi connectivity index (χ1v) is 8.96. The quantitative estimate of drug-likeness (QED) is 0.769. The van der Waals surface area contributed by atoms with Gasteiger partial charge in [0.25, 0.3) is 5.91 Å². The maximum Gasteiger partial charge on any atom is 0.255 e. The monoisotopic (exact) mass is 370 g/mol. The molecule has 27 heavy (non-hydrogen) atoms. The summed E-state index contributed by atoms with van der Waals surface area (Å²) in [6.07, 6.45) is 0. The number of carbonyl (C=O) groups is 2. The van der Waals surface area contributed by atoms with Gasteiger partial charge in [-0.25, -0.2) is 0 Å². The molecule has 2 amide bonds. The Morgan fingerprint density at radius 3 is 2.33 bits per heavy atom. The second-order valence-electron chi connectivity index (χ2n) is 6.01. The van der Waals surface area contributed by atoms with Gasteiger partial charge < -0.3 is 19.7 Å². The van der Waals surface area contributed by atoms with E-state index < -0.39 is 0 Å². The summed E-state index contributed by atoms with van der Waals surface area (Å²) >= 11 is 0. The van der Waals surface area contributed by atoms with Gasteiger partial charge in [0.2, 0.25) is 5.91 Å². The van der Waals surface area contributed by atoms with Crippen LogP contribution < -0.4 is 14.8 Å². The van der Waals surface area contributed by atoms with Crippen LogP contribution in [-0.4, -0.2) is 37.0 Å². The van der Waals surface area contributed by atoms with Crippen molar-refractivity contribution in [1.82, 2.24) is 4.90 Å². The number of nitrogens with one attached hydrogen (secondary N) is 1. The Balaban J connectivity index is 2.22.